The number of likely N-dealkylation sites (tertiary alicyclic amines) is 1. The second-order valence-corrected chi connectivity index (χ2v) is 6.55. The highest BCUT2D eigenvalue weighted by atomic mass is 16.2. The molecule has 0 unspecified atom stereocenters. The fraction of sp³-hybridized carbons (Fsp3) is 0.238. The van der Waals surface area contributed by atoms with Gasteiger partial charge >= 0.3 is 0 Å². The molecule has 1 aliphatic heterocycles. The molecule has 0 N–H and O–H groups in total. The zero-order chi connectivity index (χ0) is 16.7. The molecule has 0 aromatic heterocycles. The van der Waals surface area contributed by atoms with E-state index in [0.29, 0.717) is 6.54 Å². The summed E-state index contributed by atoms with van der Waals surface area (Å²) in [5.41, 5.74) is 4.40. The maximum Gasteiger partial charge on any atom is 0.219 e. The Morgan fingerprint density at radius 3 is 2.50 bits per heavy atom. The van der Waals surface area contributed by atoms with Crippen molar-refractivity contribution in [1.82, 2.24) is 4.90 Å². The molecule has 1 aliphatic carbocycles. The van der Waals surface area contributed by atoms with Crippen molar-refractivity contribution in [1.29, 1.82) is 0 Å². The van der Waals surface area contributed by atoms with Gasteiger partial charge in [0.25, 0.3) is 0 Å². The molecule has 2 aliphatic rings. The van der Waals surface area contributed by atoms with E-state index in [9.17, 15) is 9.59 Å². The SMILES string of the molecule is CC(=O)N1CC(=O)C2=Cc3ccccc3[C@H](c3ccccc3)[C@@H]2C1. The van der Waals surface area contributed by atoms with Gasteiger partial charge in [0.2, 0.25) is 5.91 Å². The van der Waals surface area contributed by atoms with Crippen molar-refractivity contribution in [3.63, 3.8) is 0 Å². The molecule has 0 bridgehead atoms. The molecule has 24 heavy (non-hydrogen) atoms. The molecule has 3 heteroatoms. The number of fused-ring (bicyclic) bond motifs is 2. The average Bonchev–Trinajstić information content (AvgIpc) is 2.60. The number of amides is 1. The van der Waals surface area contributed by atoms with Gasteiger partial charge in [-0.25, -0.2) is 0 Å². The molecule has 1 heterocycles. The minimum atomic E-state index is -0.0342. The minimum absolute atomic E-state index is 0.0208. The van der Waals surface area contributed by atoms with Gasteiger partial charge in [0.15, 0.2) is 5.78 Å². The van der Waals surface area contributed by atoms with Crippen molar-refractivity contribution in [3.05, 3.63) is 76.9 Å². The van der Waals surface area contributed by atoms with E-state index in [0.717, 1.165) is 11.1 Å². The molecule has 2 aromatic carbocycles. The quantitative estimate of drug-likeness (QED) is 0.809. The molecular weight excluding hydrogens is 298 g/mol. The highest BCUT2D eigenvalue weighted by molar-refractivity contribution is 6.04. The first-order valence-electron chi connectivity index (χ1n) is 8.29. The van der Waals surface area contributed by atoms with E-state index < -0.39 is 0 Å². The van der Waals surface area contributed by atoms with Crippen LogP contribution in [0.25, 0.3) is 6.08 Å². The number of carbonyl (C=O) groups is 2. The number of Topliss-reactive ketones (excluding diaryl/α,β-unsaturated/α-hetero) is 1. The summed E-state index contributed by atoms with van der Waals surface area (Å²) in [7, 11) is 0. The van der Waals surface area contributed by atoms with Crippen LogP contribution < -0.4 is 0 Å². The Balaban J connectivity index is 1.88. The van der Waals surface area contributed by atoms with E-state index in [1.807, 2.05) is 36.4 Å². The lowest BCUT2D eigenvalue weighted by atomic mass is 9.69. The van der Waals surface area contributed by atoms with Crippen molar-refractivity contribution in [2.24, 2.45) is 5.92 Å². The normalized spacial score (nSPS) is 22.5. The van der Waals surface area contributed by atoms with Crippen molar-refractivity contribution in [2.45, 2.75) is 12.8 Å². The fourth-order valence-corrected chi connectivity index (χ4v) is 3.97. The highest BCUT2D eigenvalue weighted by Gasteiger charge is 2.40. The summed E-state index contributed by atoms with van der Waals surface area (Å²) in [5.74, 6) is 0.158. The van der Waals surface area contributed by atoms with Crippen molar-refractivity contribution < 1.29 is 9.59 Å². The summed E-state index contributed by atoms with van der Waals surface area (Å²) in [4.78, 5) is 26.2. The fourth-order valence-electron chi connectivity index (χ4n) is 3.97. The van der Waals surface area contributed by atoms with Crippen LogP contribution in [0.15, 0.2) is 60.2 Å². The molecule has 0 radical (unpaired) electrons. The van der Waals surface area contributed by atoms with Gasteiger partial charge in [0, 0.05) is 30.9 Å². The van der Waals surface area contributed by atoms with E-state index in [2.05, 4.69) is 24.3 Å². The molecule has 2 atom stereocenters. The molecule has 0 spiro atoms. The number of carbonyl (C=O) groups excluding carboxylic acids is 2. The summed E-state index contributed by atoms with van der Waals surface area (Å²) < 4.78 is 0. The van der Waals surface area contributed by atoms with Crippen LogP contribution in [0, 0.1) is 5.92 Å². The zero-order valence-corrected chi connectivity index (χ0v) is 13.6. The second kappa shape index (κ2) is 5.75. The van der Waals surface area contributed by atoms with Gasteiger partial charge in [0.1, 0.15) is 0 Å². The van der Waals surface area contributed by atoms with Gasteiger partial charge in [-0.3, -0.25) is 9.59 Å². The summed E-state index contributed by atoms with van der Waals surface area (Å²) in [6.45, 7) is 2.33. The first-order chi connectivity index (χ1) is 11.6. The van der Waals surface area contributed by atoms with Gasteiger partial charge < -0.3 is 4.90 Å². The maximum atomic E-state index is 12.7. The van der Waals surface area contributed by atoms with Gasteiger partial charge in [-0.2, -0.15) is 0 Å². The smallest absolute Gasteiger partial charge is 0.219 e. The summed E-state index contributed by atoms with van der Waals surface area (Å²) in [5, 5.41) is 0. The second-order valence-electron chi connectivity index (χ2n) is 6.55. The molecule has 1 amide bonds. The van der Waals surface area contributed by atoms with Gasteiger partial charge in [-0.15, -0.1) is 0 Å². The average molecular weight is 317 g/mol. The number of hydrogen-bond donors (Lipinski definition) is 0. The van der Waals surface area contributed by atoms with E-state index in [-0.39, 0.29) is 30.1 Å². The minimum Gasteiger partial charge on any atom is -0.335 e. The summed E-state index contributed by atoms with van der Waals surface area (Å²) in [6, 6.07) is 18.5. The van der Waals surface area contributed by atoms with E-state index >= 15 is 0 Å². The van der Waals surface area contributed by atoms with Crippen molar-refractivity contribution in [2.75, 3.05) is 13.1 Å². The molecule has 1 saturated heterocycles. The Bertz CT molecular complexity index is 838. The first kappa shape index (κ1) is 14.9. The van der Waals surface area contributed by atoms with Crippen LogP contribution in [0.1, 0.15) is 29.5 Å². The number of benzene rings is 2. The predicted molar refractivity (Wildman–Crippen MR) is 93.5 cm³/mol. The van der Waals surface area contributed by atoms with Crippen LogP contribution in [-0.2, 0) is 9.59 Å². The third-order valence-corrected chi connectivity index (χ3v) is 5.12. The van der Waals surface area contributed by atoms with Crippen LogP contribution in [0.4, 0.5) is 0 Å². The Kier molecular flexibility index (Phi) is 3.57. The number of rotatable bonds is 1. The predicted octanol–water partition coefficient (Wildman–Crippen LogP) is 3.26. The third kappa shape index (κ3) is 2.37. The van der Waals surface area contributed by atoms with Crippen LogP contribution in [0.5, 0.6) is 0 Å². The molecule has 0 saturated carbocycles. The standard InChI is InChI=1S/C21H19NO2/c1-14(23)22-12-19-18(20(24)13-22)11-16-9-5-6-10-17(16)21(19)15-7-3-2-4-8-15/h2-11,19,21H,12-13H2,1H3/t19-,21+/m1/s1. The maximum absolute atomic E-state index is 12.7. The Morgan fingerprint density at radius 2 is 1.75 bits per heavy atom. The first-order valence-corrected chi connectivity index (χ1v) is 8.29. The zero-order valence-electron chi connectivity index (χ0n) is 13.6. The van der Waals surface area contributed by atoms with Crippen LogP contribution in [0.2, 0.25) is 0 Å². The molecule has 120 valence electrons. The van der Waals surface area contributed by atoms with E-state index in [1.54, 1.807) is 4.90 Å². The Labute approximate surface area is 141 Å². The number of nitrogens with zero attached hydrogens (tertiary/aromatic N) is 1. The lowest BCUT2D eigenvalue weighted by Crippen LogP contribution is -2.47. The largest absolute Gasteiger partial charge is 0.335 e. The van der Waals surface area contributed by atoms with Gasteiger partial charge in [-0.05, 0) is 22.8 Å². The molecular formula is C21H19NO2. The molecule has 3 nitrogen and oxygen atoms in total. The molecule has 4 rings (SSSR count). The monoisotopic (exact) mass is 317 g/mol. The number of piperidine rings is 1. The lowest BCUT2D eigenvalue weighted by Gasteiger charge is -2.41. The van der Waals surface area contributed by atoms with E-state index in [1.165, 1.54) is 18.1 Å². The number of ketones is 1. The number of hydrogen-bond acceptors (Lipinski definition) is 2. The molecule has 1 fully saturated rings. The molecule has 2 aromatic rings. The Morgan fingerprint density at radius 1 is 1.04 bits per heavy atom. The Hall–Kier alpha value is -2.68. The van der Waals surface area contributed by atoms with Crippen LogP contribution in [0.3, 0.4) is 0 Å². The van der Waals surface area contributed by atoms with Crippen molar-refractivity contribution in [3.8, 4) is 0 Å². The lowest BCUT2D eigenvalue weighted by molar-refractivity contribution is -0.135. The van der Waals surface area contributed by atoms with Gasteiger partial charge in [0.05, 0.1) is 6.54 Å². The van der Waals surface area contributed by atoms with Crippen molar-refractivity contribution >= 4 is 17.8 Å². The van der Waals surface area contributed by atoms with Crippen LogP contribution in [-0.4, -0.2) is 29.7 Å². The summed E-state index contributed by atoms with van der Waals surface area (Å²) in [6.07, 6.45) is 2.03. The highest BCUT2D eigenvalue weighted by Crippen LogP contribution is 2.44. The van der Waals surface area contributed by atoms with Gasteiger partial charge in [-0.1, -0.05) is 54.6 Å². The van der Waals surface area contributed by atoms with Crippen LogP contribution >= 0.6 is 0 Å². The van der Waals surface area contributed by atoms with E-state index in [4.69, 9.17) is 0 Å². The topological polar surface area (TPSA) is 37.4 Å². The summed E-state index contributed by atoms with van der Waals surface area (Å²) >= 11 is 0. The third-order valence-electron chi connectivity index (χ3n) is 5.12.